The lowest BCUT2D eigenvalue weighted by molar-refractivity contribution is 0.0520. The number of pyridine rings is 1. The van der Waals surface area contributed by atoms with E-state index in [-0.39, 0.29) is 5.69 Å². The summed E-state index contributed by atoms with van der Waals surface area (Å²) in [6, 6.07) is 1.78. The lowest BCUT2D eigenvalue weighted by Gasteiger charge is -2.07. The third-order valence-electron chi connectivity index (χ3n) is 2.33. The molecule has 100 valence electrons. The highest BCUT2D eigenvalue weighted by atomic mass is 79.9. The van der Waals surface area contributed by atoms with Crippen molar-refractivity contribution in [2.45, 2.75) is 6.92 Å². The number of rotatable bonds is 4. The molecule has 6 nitrogen and oxygen atoms in total. The van der Waals surface area contributed by atoms with Gasteiger partial charge in [-0.05, 0) is 28.9 Å². The van der Waals surface area contributed by atoms with Crippen LogP contribution in [0.1, 0.15) is 17.4 Å². The second kappa shape index (κ2) is 5.83. The average molecular weight is 326 g/mol. The van der Waals surface area contributed by atoms with Crippen molar-refractivity contribution in [3.8, 4) is 11.6 Å². The number of halogens is 1. The highest BCUT2D eigenvalue weighted by Gasteiger charge is 2.13. The van der Waals surface area contributed by atoms with Gasteiger partial charge in [-0.2, -0.15) is 0 Å². The fraction of sp³-hybridized carbons (Fsp3) is 0.250. The maximum absolute atomic E-state index is 11.5. The molecule has 0 aromatic carbocycles. The Morgan fingerprint density at radius 2 is 2.26 bits per heavy atom. The zero-order valence-electron chi connectivity index (χ0n) is 10.5. The van der Waals surface area contributed by atoms with Crippen LogP contribution in [0.15, 0.2) is 29.3 Å². The average Bonchev–Trinajstić information content (AvgIpc) is 2.88. The van der Waals surface area contributed by atoms with Crippen LogP contribution < -0.4 is 4.74 Å². The van der Waals surface area contributed by atoms with Crippen LogP contribution in [0.4, 0.5) is 0 Å². The van der Waals surface area contributed by atoms with Gasteiger partial charge >= 0.3 is 5.97 Å². The van der Waals surface area contributed by atoms with Gasteiger partial charge in [0.25, 0.3) is 0 Å². The molecule has 0 radical (unpaired) electrons. The number of methoxy groups -OCH3 is 1. The molecule has 2 heterocycles. The first-order valence-corrected chi connectivity index (χ1v) is 6.36. The van der Waals surface area contributed by atoms with Gasteiger partial charge in [0.05, 0.1) is 13.7 Å². The molecule has 0 aliphatic heterocycles. The van der Waals surface area contributed by atoms with E-state index in [1.165, 1.54) is 6.33 Å². The van der Waals surface area contributed by atoms with Gasteiger partial charge in [-0.3, -0.25) is 4.57 Å². The van der Waals surface area contributed by atoms with E-state index >= 15 is 0 Å². The second-order valence-corrected chi connectivity index (χ2v) is 4.48. The summed E-state index contributed by atoms with van der Waals surface area (Å²) < 4.78 is 12.5. The molecule has 2 aromatic heterocycles. The van der Waals surface area contributed by atoms with Gasteiger partial charge in [-0.15, -0.1) is 0 Å². The van der Waals surface area contributed by atoms with Crippen molar-refractivity contribution in [3.63, 3.8) is 0 Å². The molecular formula is C12H12BrN3O3. The van der Waals surface area contributed by atoms with Crippen LogP contribution in [-0.4, -0.2) is 34.2 Å². The van der Waals surface area contributed by atoms with Crippen molar-refractivity contribution >= 4 is 21.9 Å². The van der Waals surface area contributed by atoms with E-state index in [0.717, 1.165) is 4.47 Å². The van der Waals surface area contributed by atoms with Crippen LogP contribution >= 0.6 is 15.9 Å². The van der Waals surface area contributed by atoms with Crippen LogP contribution in [0, 0.1) is 0 Å². The summed E-state index contributed by atoms with van der Waals surface area (Å²) in [7, 11) is 1.55. The van der Waals surface area contributed by atoms with Gasteiger partial charge in [0, 0.05) is 16.9 Å². The van der Waals surface area contributed by atoms with Crippen molar-refractivity contribution in [2.24, 2.45) is 0 Å². The minimum absolute atomic E-state index is 0.230. The number of hydrogen-bond donors (Lipinski definition) is 0. The number of hydrogen-bond acceptors (Lipinski definition) is 5. The maximum Gasteiger partial charge on any atom is 0.358 e. The standard InChI is InChI=1S/C12H12BrN3O3/c1-3-19-12(17)9-6-16(7-15-9)11-10(18-2)4-8(13)5-14-11/h4-7H,3H2,1-2H3. The first kappa shape index (κ1) is 13.5. The van der Waals surface area contributed by atoms with E-state index in [0.29, 0.717) is 18.2 Å². The highest BCUT2D eigenvalue weighted by molar-refractivity contribution is 9.10. The molecule has 0 atom stereocenters. The normalized spacial score (nSPS) is 10.3. The van der Waals surface area contributed by atoms with Gasteiger partial charge < -0.3 is 9.47 Å². The number of imidazole rings is 1. The Morgan fingerprint density at radius 3 is 2.95 bits per heavy atom. The third kappa shape index (κ3) is 2.93. The molecule has 0 amide bonds. The predicted octanol–water partition coefficient (Wildman–Crippen LogP) is 2.22. The van der Waals surface area contributed by atoms with Crippen molar-refractivity contribution in [1.29, 1.82) is 0 Å². The predicted molar refractivity (Wildman–Crippen MR) is 71.6 cm³/mol. The number of nitrogens with zero attached hydrogens (tertiary/aromatic N) is 3. The van der Waals surface area contributed by atoms with Gasteiger partial charge in [0.15, 0.2) is 17.3 Å². The van der Waals surface area contributed by atoms with Crippen LogP contribution in [0.2, 0.25) is 0 Å². The monoisotopic (exact) mass is 325 g/mol. The number of carbonyl (C=O) groups excluding carboxylic acids is 1. The Kier molecular flexibility index (Phi) is 4.16. The van der Waals surface area contributed by atoms with Crippen molar-refractivity contribution in [2.75, 3.05) is 13.7 Å². The van der Waals surface area contributed by atoms with Crippen LogP contribution in [0.3, 0.4) is 0 Å². The first-order valence-electron chi connectivity index (χ1n) is 5.56. The zero-order valence-corrected chi connectivity index (χ0v) is 12.0. The van der Waals surface area contributed by atoms with E-state index in [9.17, 15) is 4.79 Å². The van der Waals surface area contributed by atoms with Gasteiger partial charge in [-0.1, -0.05) is 0 Å². The Balaban J connectivity index is 2.35. The fourth-order valence-corrected chi connectivity index (χ4v) is 1.82. The quantitative estimate of drug-likeness (QED) is 0.806. The van der Waals surface area contributed by atoms with E-state index in [2.05, 4.69) is 25.9 Å². The van der Waals surface area contributed by atoms with Crippen LogP contribution in [0.25, 0.3) is 5.82 Å². The third-order valence-corrected chi connectivity index (χ3v) is 2.76. The molecule has 2 aromatic rings. The largest absolute Gasteiger partial charge is 0.493 e. The van der Waals surface area contributed by atoms with Crippen molar-refractivity contribution in [3.05, 3.63) is 35.0 Å². The molecule has 0 saturated heterocycles. The summed E-state index contributed by atoms with van der Waals surface area (Å²) >= 11 is 3.32. The second-order valence-electron chi connectivity index (χ2n) is 3.57. The van der Waals surface area contributed by atoms with E-state index < -0.39 is 5.97 Å². The van der Waals surface area contributed by atoms with E-state index in [1.807, 2.05) is 0 Å². The summed E-state index contributed by atoms with van der Waals surface area (Å²) in [5.74, 6) is 0.660. The lowest BCUT2D eigenvalue weighted by atomic mass is 10.4. The molecule has 0 aliphatic carbocycles. The van der Waals surface area contributed by atoms with E-state index in [1.54, 1.807) is 37.1 Å². The summed E-state index contributed by atoms with van der Waals surface area (Å²) in [5, 5.41) is 0. The van der Waals surface area contributed by atoms with Gasteiger partial charge in [0.2, 0.25) is 0 Å². The highest BCUT2D eigenvalue weighted by Crippen LogP contribution is 2.24. The minimum atomic E-state index is -0.461. The number of ether oxygens (including phenoxy) is 2. The van der Waals surface area contributed by atoms with Crippen molar-refractivity contribution < 1.29 is 14.3 Å². The van der Waals surface area contributed by atoms with Gasteiger partial charge in [0.1, 0.15) is 6.33 Å². The summed E-state index contributed by atoms with van der Waals surface area (Å²) in [6.45, 7) is 2.06. The maximum atomic E-state index is 11.5. The fourth-order valence-electron chi connectivity index (χ4n) is 1.51. The van der Waals surface area contributed by atoms with E-state index in [4.69, 9.17) is 9.47 Å². The van der Waals surface area contributed by atoms with Gasteiger partial charge in [-0.25, -0.2) is 14.8 Å². The Labute approximate surface area is 118 Å². The summed E-state index contributed by atoms with van der Waals surface area (Å²) in [4.78, 5) is 19.8. The zero-order chi connectivity index (χ0) is 13.8. The van der Waals surface area contributed by atoms with Crippen molar-refractivity contribution in [1.82, 2.24) is 14.5 Å². The molecule has 0 spiro atoms. The Hall–Kier alpha value is -1.89. The minimum Gasteiger partial charge on any atom is -0.493 e. The molecule has 0 unspecified atom stereocenters. The molecule has 2 rings (SSSR count). The molecule has 0 aliphatic rings. The Morgan fingerprint density at radius 1 is 1.47 bits per heavy atom. The molecule has 0 fully saturated rings. The molecule has 0 bridgehead atoms. The summed E-state index contributed by atoms with van der Waals surface area (Å²) in [6.07, 6.45) is 4.68. The molecule has 7 heteroatoms. The summed E-state index contributed by atoms with van der Waals surface area (Å²) in [5.41, 5.74) is 0.230. The molecular weight excluding hydrogens is 314 g/mol. The smallest absolute Gasteiger partial charge is 0.358 e. The molecule has 19 heavy (non-hydrogen) atoms. The SMILES string of the molecule is CCOC(=O)c1cn(-c2ncc(Br)cc2OC)cn1. The molecule has 0 saturated carbocycles. The first-order chi connectivity index (χ1) is 9.15. The number of esters is 1. The van der Waals surface area contributed by atoms with Crippen LogP contribution in [-0.2, 0) is 4.74 Å². The molecule has 0 N–H and O–H groups in total. The number of carbonyl (C=O) groups is 1. The Bertz CT molecular complexity index is 598. The topological polar surface area (TPSA) is 66.2 Å². The van der Waals surface area contributed by atoms with Crippen LogP contribution in [0.5, 0.6) is 5.75 Å². The number of aromatic nitrogens is 3. The lowest BCUT2D eigenvalue weighted by Crippen LogP contribution is -2.05.